The van der Waals surface area contributed by atoms with Crippen molar-refractivity contribution in [3.05, 3.63) is 45.9 Å². The van der Waals surface area contributed by atoms with Gasteiger partial charge in [-0.3, -0.25) is 4.57 Å². The molecule has 0 aliphatic rings. The van der Waals surface area contributed by atoms with Crippen molar-refractivity contribution in [3.8, 4) is 0 Å². The molecule has 1 unspecified atom stereocenters. The van der Waals surface area contributed by atoms with Crippen molar-refractivity contribution in [2.75, 3.05) is 5.75 Å². The first-order valence-electron chi connectivity index (χ1n) is 6.01. The number of nitrogens with two attached hydrogens (primary N) is 1. The molecule has 8 heteroatoms. The SMILES string of the molecule is CCn1c(SCC(N)c2cc(F)ccc2F)n[nH]c1=O. The summed E-state index contributed by atoms with van der Waals surface area (Å²) in [5.41, 5.74) is 5.66. The highest BCUT2D eigenvalue weighted by Gasteiger charge is 2.15. The van der Waals surface area contributed by atoms with Crippen molar-refractivity contribution >= 4 is 11.8 Å². The minimum absolute atomic E-state index is 0.110. The van der Waals surface area contributed by atoms with E-state index < -0.39 is 17.7 Å². The van der Waals surface area contributed by atoms with Gasteiger partial charge in [-0.1, -0.05) is 11.8 Å². The molecule has 0 aliphatic carbocycles. The van der Waals surface area contributed by atoms with Gasteiger partial charge in [0.25, 0.3) is 0 Å². The van der Waals surface area contributed by atoms with E-state index in [2.05, 4.69) is 10.2 Å². The van der Waals surface area contributed by atoms with E-state index in [-0.39, 0.29) is 17.0 Å². The minimum atomic E-state index is -0.687. The third-order valence-electron chi connectivity index (χ3n) is 2.79. The molecule has 1 heterocycles. The van der Waals surface area contributed by atoms with Crippen LogP contribution < -0.4 is 11.4 Å². The largest absolute Gasteiger partial charge is 0.343 e. The van der Waals surface area contributed by atoms with E-state index in [1.807, 2.05) is 6.92 Å². The predicted octanol–water partition coefficient (Wildman–Crippen LogP) is 1.66. The van der Waals surface area contributed by atoms with Crippen LogP contribution in [0.1, 0.15) is 18.5 Å². The number of aromatic amines is 1. The van der Waals surface area contributed by atoms with Crippen molar-refractivity contribution in [2.24, 2.45) is 5.73 Å². The molecule has 2 aromatic rings. The molecular formula is C12H14F2N4OS. The van der Waals surface area contributed by atoms with Crippen LogP contribution in [0.4, 0.5) is 8.78 Å². The molecule has 1 aromatic carbocycles. The van der Waals surface area contributed by atoms with Crippen molar-refractivity contribution in [2.45, 2.75) is 24.7 Å². The zero-order chi connectivity index (χ0) is 14.7. The van der Waals surface area contributed by atoms with Gasteiger partial charge in [-0.15, -0.1) is 5.10 Å². The van der Waals surface area contributed by atoms with Crippen LogP contribution in [0.25, 0.3) is 0 Å². The number of nitrogens with one attached hydrogen (secondary N) is 1. The molecule has 0 fully saturated rings. The summed E-state index contributed by atoms with van der Waals surface area (Å²) in [4.78, 5) is 11.4. The van der Waals surface area contributed by atoms with Gasteiger partial charge in [-0.25, -0.2) is 18.7 Å². The summed E-state index contributed by atoms with van der Waals surface area (Å²) in [6.07, 6.45) is 0. The lowest BCUT2D eigenvalue weighted by Gasteiger charge is -2.12. The standard InChI is InChI=1S/C12H14F2N4OS/c1-2-18-11(19)16-17-12(18)20-6-10(15)8-5-7(13)3-4-9(8)14/h3-5,10H,2,6,15H2,1H3,(H,16,19). The molecule has 0 amide bonds. The number of rotatable bonds is 5. The lowest BCUT2D eigenvalue weighted by molar-refractivity contribution is 0.572. The van der Waals surface area contributed by atoms with Crippen molar-refractivity contribution in [1.82, 2.24) is 14.8 Å². The van der Waals surface area contributed by atoms with E-state index in [1.165, 1.54) is 16.3 Å². The molecule has 108 valence electrons. The first-order chi connectivity index (χ1) is 9.52. The molecule has 5 nitrogen and oxygen atoms in total. The maximum Gasteiger partial charge on any atom is 0.343 e. The van der Waals surface area contributed by atoms with E-state index in [4.69, 9.17) is 5.73 Å². The lowest BCUT2D eigenvalue weighted by atomic mass is 10.1. The molecule has 0 spiro atoms. The Kier molecular flexibility index (Phi) is 4.56. The Morgan fingerprint density at radius 1 is 1.50 bits per heavy atom. The average molecular weight is 300 g/mol. The molecule has 1 atom stereocenters. The van der Waals surface area contributed by atoms with Gasteiger partial charge >= 0.3 is 5.69 Å². The third kappa shape index (κ3) is 3.07. The van der Waals surface area contributed by atoms with Gasteiger partial charge in [0.2, 0.25) is 0 Å². The summed E-state index contributed by atoms with van der Waals surface area (Å²) >= 11 is 1.22. The fraction of sp³-hybridized carbons (Fsp3) is 0.333. The Hall–Kier alpha value is -1.67. The first kappa shape index (κ1) is 14.7. The number of aromatic nitrogens is 3. The number of hydrogen-bond donors (Lipinski definition) is 2. The van der Waals surface area contributed by atoms with Crippen LogP contribution in [0.5, 0.6) is 0 Å². The van der Waals surface area contributed by atoms with E-state index in [1.54, 1.807) is 0 Å². The molecular weight excluding hydrogens is 286 g/mol. The number of halogens is 2. The summed E-state index contributed by atoms with van der Waals surface area (Å²) in [6, 6.07) is 2.48. The van der Waals surface area contributed by atoms with Crippen LogP contribution in [0, 0.1) is 11.6 Å². The van der Waals surface area contributed by atoms with Crippen LogP contribution in [-0.2, 0) is 6.54 Å². The van der Waals surface area contributed by atoms with Crippen LogP contribution >= 0.6 is 11.8 Å². The number of benzene rings is 1. The zero-order valence-corrected chi connectivity index (χ0v) is 11.6. The Balaban J connectivity index is 2.10. The molecule has 0 radical (unpaired) electrons. The van der Waals surface area contributed by atoms with Crippen molar-refractivity contribution < 1.29 is 8.78 Å². The van der Waals surface area contributed by atoms with Crippen molar-refractivity contribution in [1.29, 1.82) is 0 Å². The normalized spacial score (nSPS) is 12.6. The molecule has 0 aliphatic heterocycles. The minimum Gasteiger partial charge on any atom is -0.323 e. The second kappa shape index (κ2) is 6.19. The van der Waals surface area contributed by atoms with Gasteiger partial charge in [0.15, 0.2) is 5.16 Å². The number of hydrogen-bond acceptors (Lipinski definition) is 4. The second-order valence-electron chi connectivity index (χ2n) is 4.14. The van der Waals surface area contributed by atoms with Crippen LogP contribution in [-0.4, -0.2) is 20.5 Å². The summed E-state index contributed by atoms with van der Waals surface area (Å²) < 4.78 is 28.1. The maximum atomic E-state index is 13.6. The monoisotopic (exact) mass is 300 g/mol. The van der Waals surface area contributed by atoms with Crippen LogP contribution in [0.3, 0.4) is 0 Å². The Morgan fingerprint density at radius 2 is 2.25 bits per heavy atom. The third-order valence-corrected chi connectivity index (χ3v) is 3.88. The first-order valence-corrected chi connectivity index (χ1v) is 7.00. The van der Waals surface area contributed by atoms with Gasteiger partial charge < -0.3 is 5.73 Å². The Morgan fingerprint density at radius 3 is 2.95 bits per heavy atom. The number of nitrogens with zero attached hydrogens (tertiary/aromatic N) is 2. The fourth-order valence-corrected chi connectivity index (χ4v) is 2.73. The predicted molar refractivity (Wildman–Crippen MR) is 72.5 cm³/mol. The summed E-state index contributed by atoms with van der Waals surface area (Å²) in [5.74, 6) is -0.800. The number of H-pyrrole nitrogens is 1. The molecule has 2 rings (SSSR count). The van der Waals surface area contributed by atoms with Gasteiger partial charge in [0.05, 0.1) is 0 Å². The molecule has 0 saturated heterocycles. The smallest absolute Gasteiger partial charge is 0.323 e. The Labute approximate surface area is 118 Å². The van der Waals surface area contributed by atoms with Gasteiger partial charge in [-0.2, -0.15) is 0 Å². The van der Waals surface area contributed by atoms with Crippen molar-refractivity contribution in [3.63, 3.8) is 0 Å². The van der Waals surface area contributed by atoms with E-state index in [0.29, 0.717) is 11.7 Å². The summed E-state index contributed by atoms with van der Waals surface area (Å²) in [5, 5.41) is 6.67. The lowest BCUT2D eigenvalue weighted by Crippen LogP contribution is -2.18. The molecule has 0 bridgehead atoms. The highest BCUT2D eigenvalue weighted by molar-refractivity contribution is 7.99. The molecule has 1 aromatic heterocycles. The zero-order valence-electron chi connectivity index (χ0n) is 10.8. The van der Waals surface area contributed by atoms with E-state index in [0.717, 1.165) is 18.2 Å². The average Bonchev–Trinajstić information content (AvgIpc) is 2.79. The fourth-order valence-electron chi connectivity index (χ4n) is 1.75. The highest BCUT2D eigenvalue weighted by Crippen LogP contribution is 2.23. The van der Waals surface area contributed by atoms with Gasteiger partial charge in [0, 0.05) is 23.9 Å². The van der Waals surface area contributed by atoms with Crippen LogP contribution in [0.2, 0.25) is 0 Å². The summed E-state index contributed by atoms with van der Waals surface area (Å²) in [6.45, 7) is 2.29. The highest BCUT2D eigenvalue weighted by atomic mass is 32.2. The topological polar surface area (TPSA) is 76.7 Å². The van der Waals surface area contributed by atoms with Gasteiger partial charge in [-0.05, 0) is 25.1 Å². The quantitative estimate of drug-likeness (QED) is 0.823. The van der Waals surface area contributed by atoms with E-state index >= 15 is 0 Å². The van der Waals surface area contributed by atoms with Gasteiger partial charge in [0.1, 0.15) is 11.6 Å². The molecule has 20 heavy (non-hydrogen) atoms. The molecule has 0 saturated carbocycles. The second-order valence-corrected chi connectivity index (χ2v) is 5.13. The Bertz CT molecular complexity index is 655. The molecule has 3 N–H and O–H groups in total. The van der Waals surface area contributed by atoms with E-state index in [9.17, 15) is 13.6 Å². The number of thioether (sulfide) groups is 1. The van der Waals surface area contributed by atoms with Crippen LogP contribution in [0.15, 0.2) is 28.2 Å². The summed E-state index contributed by atoms with van der Waals surface area (Å²) in [7, 11) is 0. The maximum absolute atomic E-state index is 13.6.